The maximum atomic E-state index is 12.1. The summed E-state index contributed by atoms with van der Waals surface area (Å²) in [6, 6.07) is 4.92. The molecule has 0 bridgehead atoms. The third kappa shape index (κ3) is 3.50. The first-order valence-electron chi connectivity index (χ1n) is 7.60. The normalized spacial score (nSPS) is 10.7. The van der Waals surface area contributed by atoms with Crippen LogP contribution in [0.3, 0.4) is 0 Å². The van der Waals surface area contributed by atoms with Gasteiger partial charge in [0.05, 0.1) is 30.3 Å². The van der Waals surface area contributed by atoms with Gasteiger partial charge in [-0.15, -0.1) is 5.10 Å². The van der Waals surface area contributed by atoms with E-state index in [9.17, 15) is 9.90 Å². The molecule has 25 heavy (non-hydrogen) atoms. The van der Waals surface area contributed by atoms with E-state index < -0.39 is 6.03 Å². The minimum absolute atomic E-state index is 0.295. The van der Waals surface area contributed by atoms with Gasteiger partial charge in [0, 0.05) is 24.5 Å². The second-order valence-corrected chi connectivity index (χ2v) is 5.32. The third-order valence-corrected chi connectivity index (χ3v) is 3.73. The molecule has 0 fully saturated rings. The summed E-state index contributed by atoms with van der Waals surface area (Å²) in [7, 11) is 1.48. The van der Waals surface area contributed by atoms with Gasteiger partial charge in [-0.2, -0.15) is 0 Å². The van der Waals surface area contributed by atoms with Gasteiger partial charge in [0.25, 0.3) is 0 Å². The molecule has 0 spiro atoms. The van der Waals surface area contributed by atoms with Crippen LogP contribution in [-0.4, -0.2) is 38.4 Å². The van der Waals surface area contributed by atoms with Crippen molar-refractivity contribution in [3.63, 3.8) is 0 Å². The monoisotopic (exact) mass is 342 g/mol. The van der Waals surface area contributed by atoms with Gasteiger partial charge in [0.1, 0.15) is 5.82 Å². The van der Waals surface area contributed by atoms with E-state index in [4.69, 9.17) is 4.74 Å². The molecule has 130 valence electrons. The van der Waals surface area contributed by atoms with E-state index in [1.54, 1.807) is 12.3 Å². The number of anilines is 1. The van der Waals surface area contributed by atoms with Crippen molar-refractivity contribution < 1.29 is 14.6 Å². The number of pyridine rings is 2. The van der Waals surface area contributed by atoms with Crippen molar-refractivity contribution in [2.45, 2.75) is 20.1 Å². The highest BCUT2D eigenvalue weighted by atomic mass is 16.5. The van der Waals surface area contributed by atoms with Crippen LogP contribution in [0.15, 0.2) is 24.4 Å². The molecule has 0 saturated heterocycles. The number of aliphatic hydroxyl groups excluding tert-OH is 1. The van der Waals surface area contributed by atoms with Gasteiger partial charge < -0.3 is 15.2 Å². The van der Waals surface area contributed by atoms with E-state index in [2.05, 4.69) is 30.8 Å². The number of hydrogen-bond acceptors (Lipinski definition) is 6. The predicted molar refractivity (Wildman–Crippen MR) is 91.2 cm³/mol. The SMILES string of the molecule is COc1n[nH]c2cc(NC(=O)NCc3cccnc3C)nc(CO)c12. The first-order chi connectivity index (χ1) is 12.1. The number of nitrogens with zero attached hydrogens (tertiary/aromatic N) is 3. The van der Waals surface area contributed by atoms with Gasteiger partial charge in [0.2, 0.25) is 5.88 Å². The van der Waals surface area contributed by atoms with Crippen molar-refractivity contribution in [1.82, 2.24) is 25.5 Å². The fraction of sp³-hybridized carbons (Fsp3) is 0.250. The first-order valence-corrected chi connectivity index (χ1v) is 7.60. The Morgan fingerprint density at radius 1 is 1.44 bits per heavy atom. The summed E-state index contributed by atoms with van der Waals surface area (Å²) in [5.74, 6) is 0.637. The fourth-order valence-corrected chi connectivity index (χ4v) is 2.46. The fourth-order valence-electron chi connectivity index (χ4n) is 2.46. The van der Waals surface area contributed by atoms with E-state index in [1.165, 1.54) is 7.11 Å². The molecule has 0 saturated carbocycles. The summed E-state index contributed by atoms with van der Waals surface area (Å²) in [6.07, 6.45) is 1.70. The lowest BCUT2D eigenvalue weighted by molar-refractivity contribution is 0.251. The van der Waals surface area contributed by atoms with Crippen LogP contribution in [0, 0.1) is 6.92 Å². The van der Waals surface area contributed by atoms with Gasteiger partial charge in [-0.25, -0.2) is 9.78 Å². The number of hydrogen-bond donors (Lipinski definition) is 4. The van der Waals surface area contributed by atoms with Crippen LogP contribution >= 0.6 is 0 Å². The summed E-state index contributed by atoms with van der Waals surface area (Å²) < 4.78 is 5.13. The number of urea groups is 1. The maximum absolute atomic E-state index is 12.1. The lowest BCUT2D eigenvalue weighted by Crippen LogP contribution is -2.29. The van der Waals surface area contributed by atoms with Gasteiger partial charge in [-0.3, -0.25) is 15.4 Å². The molecule has 2 amide bonds. The topological polar surface area (TPSA) is 125 Å². The number of ether oxygens (including phenoxy) is 1. The van der Waals surface area contributed by atoms with Crippen molar-refractivity contribution in [1.29, 1.82) is 0 Å². The maximum Gasteiger partial charge on any atom is 0.320 e. The number of carbonyl (C=O) groups excluding carboxylic acids is 1. The van der Waals surface area contributed by atoms with Gasteiger partial charge in [-0.1, -0.05) is 6.07 Å². The minimum Gasteiger partial charge on any atom is -0.479 e. The average molecular weight is 342 g/mol. The van der Waals surface area contributed by atoms with Crippen molar-refractivity contribution >= 4 is 22.8 Å². The van der Waals surface area contributed by atoms with Gasteiger partial charge in [-0.05, 0) is 18.6 Å². The number of amides is 2. The molecule has 0 atom stereocenters. The summed E-state index contributed by atoms with van der Waals surface area (Å²) in [5.41, 5.74) is 2.75. The minimum atomic E-state index is -0.412. The van der Waals surface area contributed by atoms with Crippen LogP contribution in [-0.2, 0) is 13.2 Å². The Morgan fingerprint density at radius 3 is 3.00 bits per heavy atom. The van der Waals surface area contributed by atoms with Crippen LogP contribution in [0.1, 0.15) is 17.0 Å². The number of aromatic amines is 1. The number of rotatable bonds is 5. The lowest BCUT2D eigenvalue weighted by atomic mass is 10.2. The Bertz CT molecular complexity index is 908. The van der Waals surface area contributed by atoms with Crippen molar-refractivity contribution in [3.8, 4) is 5.88 Å². The highest BCUT2D eigenvalue weighted by molar-refractivity contribution is 5.93. The molecule has 0 aliphatic heterocycles. The number of aromatic nitrogens is 4. The summed E-state index contributed by atoms with van der Waals surface area (Å²) in [6.45, 7) is 1.92. The second kappa shape index (κ2) is 7.14. The Hall–Kier alpha value is -3.20. The van der Waals surface area contributed by atoms with Crippen LogP contribution in [0.25, 0.3) is 10.9 Å². The number of H-pyrrole nitrogens is 1. The summed E-state index contributed by atoms with van der Waals surface area (Å²) in [5, 5.41) is 22.3. The molecular formula is C16H18N6O3. The molecule has 3 aromatic rings. The van der Waals surface area contributed by atoms with Crippen molar-refractivity contribution in [2.75, 3.05) is 12.4 Å². The standard InChI is InChI=1S/C16H18N6O3/c1-9-10(4-3-5-17-9)7-18-16(24)20-13-6-11-14(12(8-23)19-13)15(25-2)22-21-11/h3-6,23H,7-8H2,1-2H3,(H,21,22)(H2,18,19,20,24). The van der Waals surface area contributed by atoms with Crippen LogP contribution in [0.4, 0.5) is 10.6 Å². The molecule has 0 aliphatic rings. The predicted octanol–water partition coefficient (Wildman–Crippen LogP) is 1.48. The zero-order chi connectivity index (χ0) is 17.8. The van der Waals surface area contributed by atoms with Crippen LogP contribution in [0.5, 0.6) is 5.88 Å². The van der Waals surface area contributed by atoms with Crippen molar-refractivity contribution in [2.24, 2.45) is 0 Å². The third-order valence-electron chi connectivity index (χ3n) is 3.73. The Labute approximate surface area is 143 Å². The summed E-state index contributed by atoms with van der Waals surface area (Å²) in [4.78, 5) is 20.5. The highest BCUT2D eigenvalue weighted by Gasteiger charge is 2.15. The Kier molecular flexibility index (Phi) is 4.75. The zero-order valence-corrected chi connectivity index (χ0v) is 13.8. The summed E-state index contributed by atoms with van der Waals surface area (Å²) >= 11 is 0. The van der Waals surface area contributed by atoms with E-state index in [-0.39, 0.29) is 6.61 Å². The average Bonchev–Trinajstić information content (AvgIpc) is 3.03. The number of aliphatic hydroxyl groups is 1. The number of methoxy groups -OCH3 is 1. The number of nitrogens with one attached hydrogen (secondary N) is 3. The second-order valence-electron chi connectivity index (χ2n) is 5.32. The molecule has 4 N–H and O–H groups in total. The van der Waals surface area contributed by atoms with Gasteiger partial charge in [0.15, 0.2) is 0 Å². The quantitative estimate of drug-likeness (QED) is 0.557. The molecule has 0 radical (unpaired) electrons. The molecule has 9 heteroatoms. The largest absolute Gasteiger partial charge is 0.479 e. The molecule has 3 rings (SSSR count). The van der Waals surface area contributed by atoms with Crippen LogP contribution < -0.4 is 15.4 Å². The highest BCUT2D eigenvalue weighted by Crippen LogP contribution is 2.27. The lowest BCUT2D eigenvalue weighted by Gasteiger charge is -2.10. The molecule has 0 aromatic carbocycles. The first kappa shape index (κ1) is 16.7. The molecule has 0 unspecified atom stereocenters. The zero-order valence-electron chi connectivity index (χ0n) is 13.8. The van der Waals surface area contributed by atoms with E-state index in [0.29, 0.717) is 34.8 Å². The molecule has 0 aliphatic carbocycles. The number of aryl methyl sites for hydroxylation is 1. The molecule has 3 aromatic heterocycles. The van der Waals surface area contributed by atoms with Crippen molar-refractivity contribution in [3.05, 3.63) is 41.3 Å². The van der Waals surface area contributed by atoms with Gasteiger partial charge >= 0.3 is 6.03 Å². The Morgan fingerprint density at radius 2 is 2.28 bits per heavy atom. The smallest absolute Gasteiger partial charge is 0.320 e. The molecule has 9 nitrogen and oxygen atoms in total. The number of fused-ring (bicyclic) bond motifs is 1. The van der Waals surface area contributed by atoms with E-state index in [1.807, 2.05) is 19.1 Å². The molecule has 3 heterocycles. The van der Waals surface area contributed by atoms with Crippen LogP contribution in [0.2, 0.25) is 0 Å². The van der Waals surface area contributed by atoms with E-state index in [0.717, 1.165) is 11.3 Å². The molecular weight excluding hydrogens is 324 g/mol. The number of carbonyl (C=O) groups is 1. The Balaban J connectivity index is 1.74. The van der Waals surface area contributed by atoms with E-state index >= 15 is 0 Å².